The molecule has 3 atom stereocenters. The van der Waals surface area contributed by atoms with E-state index in [0.717, 1.165) is 22.1 Å². The van der Waals surface area contributed by atoms with Gasteiger partial charge in [-0.1, -0.05) is 62.9 Å². The van der Waals surface area contributed by atoms with Gasteiger partial charge in [0.1, 0.15) is 11.1 Å². The quantitative estimate of drug-likeness (QED) is 0.700. The highest BCUT2D eigenvalue weighted by atomic mass is 32.2. The highest BCUT2D eigenvalue weighted by Gasteiger charge is 2.56. The molecule has 2 aromatic rings. The second-order valence-corrected chi connectivity index (χ2v) is 9.64. The van der Waals surface area contributed by atoms with Crippen molar-refractivity contribution in [1.82, 2.24) is 4.90 Å². The largest absolute Gasteiger partial charge is 0.475 e. The fraction of sp³-hybridized carbons (Fsp3) is 0.391. The van der Waals surface area contributed by atoms with Crippen LogP contribution >= 0.6 is 11.8 Å². The van der Waals surface area contributed by atoms with Gasteiger partial charge >= 0.3 is 0 Å². The van der Waals surface area contributed by atoms with Crippen LogP contribution in [0.3, 0.4) is 0 Å². The van der Waals surface area contributed by atoms with Crippen molar-refractivity contribution in [3.63, 3.8) is 0 Å². The predicted octanol–water partition coefficient (Wildman–Crippen LogP) is 4.36. The minimum atomic E-state index is -0.602. The molecule has 6 heteroatoms. The third-order valence-corrected chi connectivity index (χ3v) is 6.77. The number of hydrogen-bond acceptors (Lipinski definition) is 5. The molecule has 2 aliphatic rings. The van der Waals surface area contributed by atoms with Gasteiger partial charge in [0.25, 0.3) is 5.91 Å². The van der Waals surface area contributed by atoms with E-state index >= 15 is 0 Å². The summed E-state index contributed by atoms with van der Waals surface area (Å²) in [6.07, 6.45) is -0.557. The van der Waals surface area contributed by atoms with E-state index in [2.05, 4.69) is 6.07 Å². The number of nitrogens with zero attached hydrogens (tertiary/aromatic N) is 1. The number of ether oxygens (including phenoxy) is 2. The van der Waals surface area contributed by atoms with Crippen molar-refractivity contribution >= 4 is 34.2 Å². The lowest BCUT2D eigenvalue weighted by Gasteiger charge is -2.51. The van der Waals surface area contributed by atoms with Gasteiger partial charge in [-0.15, -0.1) is 0 Å². The molecular formula is C23H25NO4S. The van der Waals surface area contributed by atoms with Crippen LogP contribution in [0.4, 0.5) is 0 Å². The molecule has 152 valence electrons. The van der Waals surface area contributed by atoms with Crippen LogP contribution in [-0.4, -0.2) is 40.6 Å². The van der Waals surface area contributed by atoms with Crippen molar-refractivity contribution in [2.45, 2.75) is 44.6 Å². The van der Waals surface area contributed by atoms with Crippen LogP contribution in [0, 0.1) is 5.41 Å². The Bertz CT molecular complexity index is 1020. The summed E-state index contributed by atoms with van der Waals surface area (Å²) in [5.41, 5.74) is 0.242. The number of rotatable bonds is 4. The van der Waals surface area contributed by atoms with Crippen LogP contribution < -0.4 is 4.74 Å². The number of thioether (sulfide) groups is 1. The monoisotopic (exact) mass is 411 g/mol. The summed E-state index contributed by atoms with van der Waals surface area (Å²) >= 11 is 1.51. The molecule has 1 unspecified atom stereocenters. The molecule has 1 amide bonds. The second-order valence-electron chi connectivity index (χ2n) is 8.46. The van der Waals surface area contributed by atoms with E-state index in [0.29, 0.717) is 5.70 Å². The summed E-state index contributed by atoms with van der Waals surface area (Å²) in [4.78, 5) is 27.3. The zero-order chi connectivity index (χ0) is 20.9. The lowest BCUT2D eigenvalue weighted by atomic mass is 9.85. The number of methoxy groups -OCH3 is 1. The summed E-state index contributed by atoms with van der Waals surface area (Å²) in [5, 5.41) is 1.97. The lowest BCUT2D eigenvalue weighted by Crippen LogP contribution is -2.67. The van der Waals surface area contributed by atoms with Crippen LogP contribution in [0.2, 0.25) is 0 Å². The predicted molar refractivity (Wildman–Crippen MR) is 115 cm³/mol. The van der Waals surface area contributed by atoms with Gasteiger partial charge in [-0.25, -0.2) is 0 Å². The van der Waals surface area contributed by atoms with Crippen molar-refractivity contribution in [3.05, 3.63) is 53.7 Å². The Morgan fingerprint density at radius 1 is 1.10 bits per heavy atom. The van der Waals surface area contributed by atoms with Gasteiger partial charge in [0, 0.05) is 18.1 Å². The van der Waals surface area contributed by atoms with Crippen molar-refractivity contribution in [2.75, 3.05) is 7.11 Å². The highest BCUT2D eigenvalue weighted by Crippen LogP contribution is 2.47. The SMILES string of the molecule is CO[C@H]1C(=O)N2C(C(=O)C(C)(C)C)=C(C)C(Oc3ccc4ccccc4c3)S[C@@H]12. The van der Waals surface area contributed by atoms with Crippen molar-refractivity contribution in [3.8, 4) is 5.75 Å². The topological polar surface area (TPSA) is 55.8 Å². The highest BCUT2D eigenvalue weighted by molar-refractivity contribution is 8.00. The van der Waals surface area contributed by atoms with Gasteiger partial charge < -0.3 is 9.47 Å². The van der Waals surface area contributed by atoms with Gasteiger partial charge in [0.2, 0.25) is 0 Å². The minimum Gasteiger partial charge on any atom is -0.475 e. The number of carbonyl (C=O) groups is 2. The number of amides is 1. The number of Topliss-reactive ketones (excluding diaryl/α,β-unsaturated/α-hetero) is 1. The third-order valence-electron chi connectivity index (χ3n) is 5.34. The summed E-state index contributed by atoms with van der Waals surface area (Å²) in [5.74, 6) is 0.507. The number of benzene rings is 2. The first kappa shape index (κ1) is 20.0. The number of fused-ring (bicyclic) bond motifs is 2. The van der Waals surface area contributed by atoms with Crippen LogP contribution in [0.25, 0.3) is 10.8 Å². The molecule has 1 saturated heterocycles. The van der Waals surface area contributed by atoms with E-state index < -0.39 is 11.5 Å². The molecule has 0 bridgehead atoms. The summed E-state index contributed by atoms with van der Waals surface area (Å²) in [7, 11) is 1.52. The Hall–Kier alpha value is -2.31. The molecular weight excluding hydrogens is 386 g/mol. The zero-order valence-electron chi connectivity index (χ0n) is 17.3. The van der Waals surface area contributed by atoms with E-state index in [1.165, 1.54) is 18.9 Å². The van der Waals surface area contributed by atoms with Gasteiger partial charge in [-0.3, -0.25) is 14.5 Å². The maximum atomic E-state index is 13.2. The average Bonchev–Trinajstić information content (AvgIpc) is 2.68. The molecule has 2 heterocycles. The van der Waals surface area contributed by atoms with Crippen LogP contribution in [0.1, 0.15) is 27.7 Å². The van der Waals surface area contributed by atoms with Crippen LogP contribution in [-0.2, 0) is 14.3 Å². The van der Waals surface area contributed by atoms with Gasteiger partial charge in [0.15, 0.2) is 17.3 Å². The molecule has 0 aromatic heterocycles. The molecule has 2 aliphatic heterocycles. The first-order valence-corrected chi connectivity index (χ1v) is 10.6. The van der Waals surface area contributed by atoms with E-state index in [1.54, 1.807) is 4.90 Å². The number of ketones is 1. The van der Waals surface area contributed by atoms with E-state index in [-0.39, 0.29) is 22.5 Å². The Morgan fingerprint density at radius 2 is 1.79 bits per heavy atom. The second kappa shape index (κ2) is 7.18. The molecule has 0 spiro atoms. The van der Waals surface area contributed by atoms with Crippen molar-refractivity contribution in [1.29, 1.82) is 0 Å². The molecule has 0 radical (unpaired) electrons. The summed E-state index contributed by atoms with van der Waals surface area (Å²) in [6.45, 7) is 7.47. The van der Waals surface area contributed by atoms with E-state index in [9.17, 15) is 9.59 Å². The molecule has 4 rings (SSSR count). The number of carbonyl (C=O) groups excluding carboxylic acids is 2. The first-order chi connectivity index (χ1) is 13.7. The number of allylic oxidation sites excluding steroid dienone is 1. The minimum absolute atomic E-state index is 0.0599. The van der Waals surface area contributed by atoms with E-state index in [1.807, 2.05) is 64.1 Å². The third kappa shape index (κ3) is 3.34. The van der Waals surface area contributed by atoms with Crippen molar-refractivity contribution < 1.29 is 19.1 Å². The van der Waals surface area contributed by atoms with Gasteiger partial charge in [-0.2, -0.15) is 0 Å². The fourth-order valence-corrected chi connectivity index (χ4v) is 5.12. The molecule has 2 aromatic carbocycles. The van der Waals surface area contributed by atoms with Crippen molar-refractivity contribution in [2.24, 2.45) is 5.41 Å². The summed E-state index contributed by atoms with van der Waals surface area (Å²) in [6, 6.07) is 14.1. The maximum absolute atomic E-state index is 13.2. The Morgan fingerprint density at radius 3 is 2.45 bits per heavy atom. The average molecular weight is 412 g/mol. The Balaban J connectivity index is 1.71. The zero-order valence-corrected chi connectivity index (χ0v) is 18.1. The smallest absolute Gasteiger partial charge is 0.260 e. The molecule has 0 aliphatic carbocycles. The first-order valence-electron chi connectivity index (χ1n) is 9.64. The fourth-order valence-electron chi connectivity index (χ4n) is 3.68. The molecule has 29 heavy (non-hydrogen) atoms. The lowest BCUT2D eigenvalue weighted by molar-refractivity contribution is -0.160. The summed E-state index contributed by atoms with van der Waals surface area (Å²) < 4.78 is 11.7. The number of hydrogen-bond donors (Lipinski definition) is 0. The Kier molecular flexibility index (Phi) is 4.95. The van der Waals surface area contributed by atoms with E-state index in [4.69, 9.17) is 9.47 Å². The standard InChI is InChI=1S/C23H25NO4S/c1-13-17(19(25)23(2,3)4)24-20(26)18(27-5)21(24)29-22(13)28-16-11-10-14-8-6-7-9-15(14)12-16/h6-12,18,21-22H,1-5H3/t18-,21-,22?/m0/s1. The molecule has 0 saturated carbocycles. The Labute approximate surface area is 175 Å². The molecule has 5 nitrogen and oxygen atoms in total. The normalized spacial score (nSPS) is 24.4. The van der Waals surface area contributed by atoms with Crippen LogP contribution in [0.15, 0.2) is 53.7 Å². The molecule has 0 N–H and O–H groups in total. The van der Waals surface area contributed by atoms with Crippen LogP contribution in [0.5, 0.6) is 5.75 Å². The van der Waals surface area contributed by atoms with Gasteiger partial charge in [0.05, 0.1) is 5.70 Å². The maximum Gasteiger partial charge on any atom is 0.260 e. The molecule has 1 fully saturated rings. The number of β-lactam (4-membered cyclic amide) rings is 1. The van der Waals surface area contributed by atoms with Gasteiger partial charge in [-0.05, 0) is 29.8 Å².